The topological polar surface area (TPSA) is 45.0 Å². The van der Waals surface area contributed by atoms with Gasteiger partial charge in [0.25, 0.3) is 0 Å². The van der Waals surface area contributed by atoms with Crippen molar-refractivity contribution < 1.29 is 17.9 Å². The molecule has 2 aromatic carbocycles. The highest BCUT2D eigenvalue weighted by Gasteiger charge is 2.31. The Kier molecular flexibility index (Phi) is 3.41. The van der Waals surface area contributed by atoms with Crippen molar-refractivity contribution >= 4 is 5.69 Å². The number of nitrogens with zero attached hydrogens (tertiary/aromatic N) is 1. The van der Waals surface area contributed by atoms with E-state index in [1.54, 1.807) is 24.3 Å². The second-order valence-electron chi connectivity index (χ2n) is 5.00. The third-order valence-corrected chi connectivity index (χ3v) is 3.51. The Morgan fingerprint density at radius 1 is 1.14 bits per heavy atom. The molecule has 0 aliphatic carbocycles. The molecule has 0 aromatic heterocycles. The van der Waals surface area contributed by atoms with Gasteiger partial charge in [0.2, 0.25) is 0 Å². The Hall–Kier alpha value is -2.68. The summed E-state index contributed by atoms with van der Waals surface area (Å²) in [7, 11) is 0. The number of anilines is 1. The van der Waals surface area contributed by atoms with Gasteiger partial charge in [0, 0.05) is 5.69 Å². The molecule has 1 unspecified atom stereocenters. The van der Waals surface area contributed by atoms with Crippen LogP contribution in [0.1, 0.15) is 22.7 Å². The average molecular weight is 304 g/mol. The van der Waals surface area contributed by atoms with Gasteiger partial charge in [-0.15, -0.1) is 13.2 Å². The van der Waals surface area contributed by atoms with E-state index in [-0.39, 0.29) is 11.8 Å². The molecule has 22 heavy (non-hydrogen) atoms. The Balaban J connectivity index is 1.75. The lowest BCUT2D eigenvalue weighted by Gasteiger charge is -2.13. The van der Waals surface area contributed by atoms with Crippen LogP contribution in [-0.2, 0) is 6.42 Å². The lowest BCUT2D eigenvalue weighted by molar-refractivity contribution is -0.274. The monoisotopic (exact) mass is 304 g/mol. The molecule has 0 saturated carbocycles. The van der Waals surface area contributed by atoms with Crippen molar-refractivity contribution in [2.75, 3.05) is 5.32 Å². The molecule has 1 aliphatic rings. The molecule has 3 nitrogen and oxygen atoms in total. The van der Waals surface area contributed by atoms with Crippen LogP contribution >= 0.6 is 0 Å². The van der Waals surface area contributed by atoms with Crippen molar-refractivity contribution in [1.29, 1.82) is 5.26 Å². The molecule has 0 fully saturated rings. The Bertz CT molecular complexity index is 733. The fourth-order valence-electron chi connectivity index (χ4n) is 2.52. The summed E-state index contributed by atoms with van der Waals surface area (Å²) in [4.78, 5) is 0. The molecule has 3 rings (SSSR count). The number of alkyl halides is 3. The van der Waals surface area contributed by atoms with Gasteiger partial charge < -0.3 is 10.1 Å². The molecule has 0 spiro atoms. The van der Waals surface area contributed by atoms with E-state index in [0.717, 1.165) is 23.2 Å². The van der Waals surface area contributed by atoms with Gasteiger partial charge in [0.1, 0.15) is 5.75 Å². The van der Waals surface area contributed by atoms with Gasteiger partial charge in [-0.05, 0) is 41.8 Å². The van der Waals surface area contributed by atoms with Crippen molar-refractivity contribution in [2.24, 2.45) is 0 Å². The first-order chi connectivity index (χ1) is 10.4. The number of rotatable bonds is 2. The van der Waals surface area contributed by atoms with Crippen molar-refractivity contribution in [3.63, 3.8) is 0 Å². The molecule has 0 radical (unpaired) electrons. The first-order valence-corrected chi connectivity index (χ1v) is 6.60. The van der Waals surface area contributed by atoms with E-state index in [0.29, 0.717) is 5.56 Å². The summed E-state index contributed by atoms with van der Waals surface area (Å²) in [6.45, 7) is 0. The molecule has 1 N–H and O–H groups in total. The van der Waals surface area contributed by atoms with Crippen LogP contribution in [0.5, 0.6) is 5.75 Å². The second-order valence-corrected chi connectivity index (χ2v) is 5.00. The summed E-state index contributed by atoms with van der Waals surface area (Å²) in [5, 5.41) is 12.2. The minimum atomic E-state index is -4.68. The predicted molar refractivity (Wildman–Crippen MR) is 74.3 cm³/mol. The highest BCUT2D eigenvalue weighted by Crippen LogP contribution is 2.35. The highest BCUT2D eigenvalue weighted by molar-refractivity contribution is 5.61. The van der Waals surface area contributed by atoms with Gasteiger partial charge in [-0.25, -0.2) is 0 Å². The fourth-order valence-corrected chi connectivity index (χ4v) is 2.52. The van der Waals surface area contributed by atoms with Gasteiger partial charge >= 0.3 is 6.36 Å². The van der Waals surface area contributed by atoms with Crippen LogP contribution in [0.4, 0.5) is 18.9 Å². The van der Waals surface area contributed by atoms with Gasteiger partial charge in [-0.2, -0.15) is 5.26 Å². The number of nitrogens with one attached hydrogen (secondary N) is 1. The standard InChI is InChI=1S/C16H11F3N2O/c17-16(18,19)22-13-5-3-11(4-6-13)15-8-12-2-1-10(9-20)7-14(12)21-15/h1-7,15,21H,8H2. The van der Waals surface area contributed by atoms with Gasteiger partial charge in [0.05, 0.1) is 17.7 Å². The third kappa shape index (κ3) is 2.98. The van der Waals surface area contributed by atoms with Crippen LogP contribution in [-0.4, -0.2) is 6.36 Å². The van der Waals surface area contributed by atoms with Crippen LogP contribution in [0.3, 0.4) is 0 Å². The van der Waals surface area contributed by atoms with Crippen LogP contribution < -0.4 is 10.1 Å². The van der Waals surface area contributed by atoms with Crippen LogP contribution in [0.25, 0.3) is 0 Å². The lowest BCUT2D eigenvalue weighted by Crippen LogP contribution is -2.17. The van der Waals surface area contributed by atoms with E-state index in [1.165, 1.54) is 12.1 Å². The van der Waals surface area contributed by atoms with E-state index in [4.69, 9.17) is 5.26 Å². The van der Waals surface area contributed by atoms with E-state index >= 15 is 0 Å². The smallest absolute Gasteiger partial charge is 0.406 e. The fraction of sp³-hybridized carbons (Fsp3) is 0.188. The summed E-state index contributed by atoms with van der Waals surface area (Å²) < 4.78 is 40.3. The van der Waals surface area contributed by atoms with Crippen molar-refractivity contribution in [2.45, 2.75) is 18.8 Å². The first kappa shape index (κ1) is 14.3. The van der Waals surface area contributed by atoms with Crippen LogP contribution in [0, 0.1) is 11.3 Å². The number of ether oxygens (including phenoxy) is 1. The number of hydrogen-bond donors (Lipinski definition) is 1. The Morgan fingerprint density at radius 3 is 2.50 bits per heavy atom. The van der Waals surface area contributed by atoms with E-state index in [1.807, 2.05) is 6.07 Å². The van der Waals surface area contributed by atoms with E-state index in [2.05, 4.69) is 16.1 Å². The third-order valence-electron chi connectivity index (χ3n) is 3.51. The molecular formula is C16H11F3N2O. The first-order valence-electron chi connectivity index (χ1n) is 6.60. The van der Waals surface area contributed by atoms with Crippen molar-refractivity contribution in [1.82, 2.24) is 0 Å². The second kappa shape index (κ2) is 5.26. The van der Waals surface area contributed by atoms with Gasteiger partial charge in [-0.1, -0.05) is 18.2 Å². The number of fused-ring (bicyclic) bond motifs is 1. The molecule has 2 aromatic rings. The van der Waals surface area contributed by atoms with Crippen molar-refractivity contribution in [3.05, 3.63) is 59.2 Å². The predicted octanol–water partition coefficient (Wildman–Crippen LogP) is 4.17. The normalized spacial score (nSPS) is 16.5. The zero-order chi connectivity index (χ0) is 15.7. The minimum Gasteiger partial charge on any atom is -0.406 e. The summed E-state index contributed by atoms with van der Waals surface area (Å²) in [6, 6.07) is 13.3. The maximum Gasteiger partial charge on any atom is 0.573 e. The minimum absolute atomic E-state index is 0.0242. The molecule has 0 amide bonds. The van der Waals surface area contributed by atoms with Crippen LogP contribution in [0.2, 0.25) is 0 Å². The summed E-state index contributed by atoms with van der Waals surface area (Å²) in [5.74, 6) is -0.237. The molecule has 1 atom stereocenters. The lowest BCUT2D eigenvalue weighted by atomic mass is 10.0. The summed E-state index contributed by atoms with van der Waals surface area (Å²) in [6.07, 6.45) is -3.96. The molecular weight excluding hydrogens is 293 g/mol. The molecule has 6 heteroatoms. The maximum atomic E-state index is 12.1. The Morgan fingerprint density at radius 2 is 1.86 bits per heavy atom. The number of hydrogen-bond acceptors (Lipinski definition) is 3. The molecule has 1 heterocycles. The van der Waals surface area contributed by atoms with Gasteiger partial charge in [-0.3, -0.25) is 0 Å². The van der Waals surface area contributed by atoms with Crippen molar-refractivity contribution in [3.8, 4) is 11.8 Å². The molecule has 0 bridgehead atoms. The van der Waals surface area contributed by atoms with Gasteiger partial charge in [0.15, 0.2) is 0 Å². The van der Waals surface area contributed by atoms with E-state index in [9.17, 15) is 13.2 Å². The SMILES string of the molecule is N#Cc1ccc2c(c1)NC(c1ccc(OC(F)(F)F)cc1)C2. The number of nitriles is 1. The molecule has 1 aliphatic heterocycles. The average Bonchev–Trinajstić information content (AvgIpc) is 2.89. The number of halogens is 3. The highest BCUT2D eigenvalue weighted by atomic mass is 19.4. The van der Waals surface area contributed by atoms with E-state index < -0.39 is 6.36 Å². The van der Waals surface area contributed by atoms with Crippen LogP contribution in [0.15, 0.2) is 42.5 Å². The molecule has 0 saturated heterocycles. The molecule has 112 valence electrons. The zero-order valence-electron chi connectivity index (χ0n) is 11.3. The Labute approximate surface area is 124 Å². The quantitative estimate of drug-likeness (QED) is 0.906. The summed E-state index contributed by atoms with van der Waals surface area (Å²) >= 11 is 0. The summed E-state index contributed by atoms with van der Waals surface area (Å²) in [5.41, 5.74) is 3.41. The largest absolute Gasteiger partial charge is 0.573 e. The maximum absolute atomic E-state index is 12.1. The zero-order valence-corrected chi connectivity index (χ0v) is 11.3. The number of benzene rings is 2.